The van der Waals surface area contributed by atoms with Crippen LogP contribution in [0.4, 0.5) is 0 Å². The predicted octanol–water partition coefficient (Wildman–Crippen LogP) is 2.53. The fraction of sp³-hybridized carbons (Fsp3) is 0.611. The van der Waals surface area contributed by atoms with Gasteiger partial charge in [0.25, 0.3) is 0 Å². The van der Waals surface area contributed by atoms with Crippen molar-refractivity contribution in [3.63, 3.8) is 0 Å². The minimum absolute atomic E-state index is 0. The predicted molar refractivity (Wildman–Crippen MR) is 96.3 cm³/mol. The first-order chi connectivity index (χ1) is 10.3. The summed E-state index contributed by atoms with van der Waals surface area (Å²) in [6, 6.07) is 8.30. The number of rotatable bonds is 4. The van der Waals surface area contributed by atoms with Crippen LogP contribution in [0, 0.1) is 6.92 Å². The number of halogens is 1. The molecule has 1 saturated heterocycles. The van der Waals surface area contributed by atoms with E-state index in [4.69, 9.17) is 4.74 Å². The highest BCUT2D eigenvalue weighted by Gasteiger charge is 2.33. The van der Waals surface area contributed by atoms with Gasteiger partial charge in [-0.1, -0.05) is 43.7 Å². The lowest BCUT2D eigenvalue weighted by Crippen LogP contribution is -2.56. The second-order valence-corrected chi connectivity index (χ2v) is 6.95. The van der Waals surface area contributed by atoms with Crippen LogP contribution in [0.3, 0.4) is 0 Å². The molecule has 1 fully saturated rings. The molecular formula is C18H29ClN2O2. The molecule has 0 saturated carbocycles. The van der Waals surface area contributed by atoms with Gasteiger partial charge in [-0.25, -0.2) is 0 Å². The fourth-order valence-corrected chi connectivity index (χ4v) is 3.01. The number of nitrogens with zero attached hydrogens (tertiary/aromatic N) is 1. The summed E-state index contributed by atoms with van der Waals surface area (Å²) in [5, 5.41) is 3.27. The Morgan fingerprint density at radius 1 is 1.35 bits per heavy atom. The number of morpholine rings is 1. The lowest BCUT2D eigenvalue weighted by molar-refractivity contribution is -0.138. The number of amides is 1. The molecule has 0 bridgehead atoms. The number of nitrogens with one attached hydrogen (secondary N) is 1. The van der Waals surface area contributed by atoms with Gasteiger partial charge in [0.15, 0.2) is 0 Å². The fourth-order valence-electron chi connectivity index (χ4n) is 3.01. The number of hydrogen-bond acceptors (Lipinski definition) is 3. The summed E-state index contributed by atoms with van der Waals surface area (Å²) in [6.45, 7) is 10.5. The molecule has 0 unspecified atom stereocenters. The quantitative estimate of drug-likeness (QED) is 0.915. The maximum absolute atomic E-state index is 12.7. The van der Waals surface area contributed by atoms with E-state index in [0.717, 1.165) is 6.54 Å². The van der Waals surface area contributed by atoms with Crippen molar-refractivity contribution in [3.05, 3.63) is 35.4 Å². The molecule has 0 radical (unpaired) electrons. The van der Waals surface area contributed by atoms with Crippen LogP contribution in [-0.2, 0) is 14.9 Å². The van der Waals surface area contributed by atoms with Crippen LogP contribution in [0.5, 0.6) is 0 Å². The zero-order valence-electron chi connectivity index (χ0n) is 14.8. The minimum atomic E-state index is -0.243. The van der Waals surface area contributed by atoms with Crippen LogP contribution in [0.1, 0.15) is 31.9 Å². The van der Waals surface area contributed by atoms with E-state index in [2.05, 4.69) is 50.4 Å². The van der Waals surface area contributed by atoms with Crippen LogP contribution in [-0.4, -0.2) is 49.7 Å². The van der Waals surface area contributed by atoms with E-state index in [1.54, 1.807) is 0 Å². The van der Waals surface area contributed by atoms with Crippen molar-refractivity contribution in [3.8, 4) is 0 Å². The van der Waals surface area contributed by atoms with Crippen LogP contribution in [0.25, 0.3) is 0 Å². The molecule has 1 aromatic rings. The zero-order valence-corrected chi connectivity index (χ0v) is 15.6. The Balaban J connectivity index is 0.00000264. The Hall–Kier alpha value is -1.10. The Morgan fingerprint density at radius 3 is 2.52 bits per heavy atom. The number of hydrogen-bond donors (Lipinski definition) is 1. The Bertz CT molecular complexity index is 516. The lowest BCUT2D eigenvalue weighted by atomic mass is 9.83. The summed E-state index contributed by atoms with van der Waals surface area (Å²) in [4.78, 5) is 14.5. The van der Waals surface area contributed by atoms with Gasteiger partial charge in [0.05, 0.1) is 12.7 Å². The maximum Gasteiger partial charge on any atom is 0.242 e. The van der Waals surface area contributed by atoms with Crippen molar-refractivity contribution in [1.29, 1.82) is 0 Å². The van der Waals surface area contributed by atoms with E-state index in [9.17, 15) is 4.79 Å². The third-order valence-electron chi connectivity index (χ3n) is 4.42. The Labute approximate surface area is 146 Å². The van der Waals surface area contributed by atoms with E-state index in [1.165, 1.54) is 11.1 Å². The van der Waals surface area contributed by atoms with Gasteiger partial charge in [-0.2, -0.15) is 0 Å². The molecule has 5 heteroatoms. The molecule has 1 heterocycles. The lowest BCUT2D eigenvalue weighted by Gasteiger charge is -2.36. The standard InChI is InChI=1S/C18H28N2O2.ClH/c1-13-6-8-15(9-7-13)18(3,4)12-20(5)17(21)16-14(2)22-11-10-19-16;/h6-9,14,16,19H,10-12H2,1-5H3;1H/t14-,16+;/m1./s1. The summed E-state index contributed by atoms with van der Waals surface area (Å²) in [6.07, 6.45) is -0.0776. The molecule has 1 aliphatic heterocycles. The molecule has 130 valence electrons. The first-order valence-corrected chi connectivity index (χ1v) is 7.98. The van der Waals surface area contributed by atoms with E-state index in [1.807, 2.05) is 18.9 Å². The highest BCUT2D eigenvalue weighted by molar-refractivity contribution is 5.85. The number of benzene rings is 1. The third kappa shape index (κ3) is 4.93. The SMILES string of the molecule is Cc1ccc(C(C)(C)CN(C)C(=O)[C@H]2NCCO[C@@H]2C)cc1.Cl. The summed E-state index contributed by atoms with van der Waals surface area (Å²) in [7, 11) is 1.88. The van der Waals surface area contributed by atoms with Crippen LogP contribution in [0.15, 0.2) is 24.3 Å². The van der Waals surface area contributed by atoms with Crippen molar-refractivity contribution in [2.45, 2.75) is 45.3 Å². The highest BCUT2D eigenvalue weighted by atomic mass is 35.5. The van der Waals surface area contributed by atoms with Crippen LogP contribution < -0.4 is 5.32 Å². The van der Waals surface area contributed by atoms with Crippen LogP contribution >= 0.6 is 12.4 Å². The topological polar surface area (TPSA) is 41.6 Å². The summed E-state index contributed by atoms with van der Waals surface area (Å²) in [5.74, 6) is 0.104. The molecule has 1 aliphatic rings. The smallest absolute Gasteiger partial charge is 0.242 e. The minimum Gasteiger partial charge on any atom is -0.375 e. The molecule has 2 atom stereocenters. The van der Waals surface area contributed by atoms with E-state index in [0.29, 0.717) is 13.2 Å². The highest BCUT2D eigenvalue weighted by Crippen LogP contribution is 2.25. The maximum atomic E-state index is 12.7. The number of aryl methyl sites for hydroxylation is 1. The monoisotopic (exact) mass is 340 g/mol. The molecule has 1 amide bonds. The van der Waals surface area contributed by atoms with Crippen molar-refractivity contribution < 1.29 is 9.53 Å². The largest absolute Gasteiger partial charge is 0.375 e. The molecule has 0 spiro atoms. The van der Waals surface area contributed by atoms with E-state index in [-0.39, 0.29) is 35.9 Å². The number of carbonyl (C=O) groups excluding carboxylic acids is 1. The van der Waals surface area contributed by atoms with Crippen LogP contribution in [0.2, 0.25) is 0 Å². The van der Waals surface area contributed by atoms with Gasteiger partial charge >= 0.3 is 0 Å². The Kier molecular flexibility index (Phi) is 7.05. The molecule has 2 rings (SSSR count). The number of carbonyl (C=O) groups is 1. The third-order valence-corrected chi connectivity index (χ3v) is 4.42. The molecule has 0 aromatic heterocycles. The molecule has 23 heavy (non-hydrogen) atoms. The molecule has 0 aliphatic carbocycles. The van der Waals surface area contributed by atoms with Crippen molar-refractivity contribution in [2.75, 3.05) is 26.7 Å². The van der Waals surface area contributed by atoms with Gasteiger partial charge in [0.1, 0.15) is 6.04 Å². The first-order valence-electron chi connectivity index (χ1n) is 7.98. The van der Waals surface area contributed by atoms with E-state index >= 15 is 0 Å². The second-order valence-electron chi connectivity index (χ2n) is 6.95. The first kappa shape index (κ1) is 19.9. The second kappa shape index (κ2) is 8.13. The summed E-state index contributed by atoms with van der Waals surface area (Å²) >= 11 is 0. The van der Waals surface area contributed by atoms with Gasteiger partial charge in [-0.15, -0.1) is 12.4 Å². The van der Waals surface area contributed by atoms with Crippen molar-refractivity contribution >= 4 is 18.3 Å². The molecular weight excluding hydrogens is 312 g/mol. The number of ether oxygens (including phenoxy) is 1. The van der Waals surface area contributed by atoms with Gasteiger partial charge < -0.3 is 15.0 Å². The normalized spacial score (nSPS) is 21.4. The zero-order chi connectivity index (χ0) is 16.3. The number of likely N-dealkylation sites (N-methyl/N-ethyl adjacent to an activating group) is 1. The van der Waals surface area contributed by atoms with Crippen molar-refractivity contribution in [2.24, 2.45) is 0 Å². The molecule has 1 aromatic carbocycles. The molecule has 1 N–H and O–H groups in total. The van der Waals surface area contributed by atoms with E-state index < -0.39 is 0 Å². The Morgan fingerprint density at radius 2 is 1.96 bits per heavy atom. The average Bonchev–Trinajstić information content (AvgIpc) is 2.47. The summed E-state index contributed by atoms with van der Waals surface area (Å²) < 4.78 is 5.58. The van der Waals surface area contributed by atoms with Gasteiger partial charge in [-0.3, -0.25) is 4.79 Å². The molecule has 4 nitrogen and oxygen atoms in total. The average molecular weight is 341 g/mol. The van der Waals surface area contributed by atoms with Crippen molar-refractivity contribution in [1.82, 2.24) is 10.2 Å². The summed E-state index contributed by atoms with van der Waals surface area (Å²) in [5.41, 5.74) is 2.41. The van der Waals surface area contributed by atoms with Gasteiger partial charge in [0, 0.05) is 25.6 Å². The van der Waals surface area contributed by atoms with Gasteiger partial charge in [0.2, 0.25) is 5.91 Å². The van der Waals surface area contributed by atoms with Gasteiger partial charge in [-0.05, 0) is 19.4 Å².